The third-order valence-corrected chi connectivity index (χ3v) is 6.47. The Balaban J connectivity index is 1.95. The number of fused-ring (bicyclic) bond motifs is 2. The third-order valence-electron chi connectivity index (χ3n) is 6.47. The van der Waals surface area contributed by atoms with Crippen molar-refractivity contribution in [2.75, 3.05) is 0 Å². The summed E-state index contributed by atoms with van der Waals surface area (Å²) in [5.74, 6) is 0. The highest BCUT2D eigenvalue weighted by Gasteiger charge is 2.36. The predicted octanol–water partition coefficient (Wildman–Crippen LogP) is 7.24. The van der Waals surface area contributed by atoms with Crippen LogP contribution in [0.5, 0.6) is 0 Å². The summed E-state index contributed by atoms with van der Waals surface area (Å²) < 4.78 is 0. The van der Waals surface area contributed by atoms with E-state index in [2.05, 4.69) is 20.6 Å². The van der Waals surface area contributed by atoms with Crippen LogP contribution in [0.4, 0.5) is 0 Å². The molecular formula is C32H12N6. The SMILES string of the molecule is [C-]#[N+]C1=C(c2ccccc2)/C(=C(/C#N)[N+]#[C-])c2cc3c(cc21)C(C#N)=C(c1ccccc1)/C3=C(\C#N)[N+]#[C-]. The van der Waals surface area contributed by atoms with Crippen molar-refractivity contribution in [1.29, 1.82) is 15.8 Å². The molecular weight excluding hydrogens is 468 g/mol. The molecule has 0 bridgehead atoms. The van der Waals surface area contributed by atoms with Crippen LogP contribution in [0.1, 0.15) is 33.4 Å². The lowest BCUT2D eigenvalue weighted by Gasteiger charge is -2.12. The van der Waals surface area contributed by atoms with Gasteiger partial charge < -0.3 is 0 Å². The van der Waals surface area contributed by atoms with E-state index < -0.39 is 0 Å². The molecule has 0 aliphatic heterocycles. The molecule has 5 rings (SSSR count). The molecule has 0 saturated carbocycles. The fourth-order valence-corrected chi connectivity index (χ4v) is 4.98. The Labute approximate surface area is 219 Å². The third kappa shape index (κ3) is 3.29. The van der Waals surface area contributed by atoms with Crippen molar-refractivity contribution in [3.05, 3.63) is 152 Å². The van der Waals surface area contributed by atoms with Crippen molar-refractivity contribution < 1.29 is 0 Å². The van der Waals surface area contributed by atoms with Crippen molar-refractivity contribution in [3.63, 3.8) is 0 Å². The smallest absolute Gasteiger partial charge is 0.237 e. The van der Waals surface area contributed by atoms with Crippen LogP contribution in [0.25, 0.3) is 48.1 Å². The normalized spacial score (nSPS) is 15.6. The Morgan fingerprint density at radius 1 is 0.605 bits per heavy atom. The van der Waals surface area contributed by atoms with Crippen LogP contribution in [-0.2, 0) is 0 Å². The van der Waals surface area contributed by atoms with Crippen molar-refractivity contribution in [2.45, 2.75) is 0 Å². The largest absolute Gasteiger partial charge is 0.270 e. The molecule has 2 aliphatic carbocycles. The number of nitriles is 3. The molecule has 0 N–H and O–H groups in total. The standard InChI is InChI=1S/C32H12N6/c1-36-26(17-34)30-22-15-23-24(14-21(22)25(16-33)28(30)19-10-6-4-7-11-19)32(38-3)29(20-12-8-5-9-13-20)31(23)27(18-35)37-2/h4-15H/b30-26+,31-27-. The van der Waals surface area contributed by atoms with Gasteiger partial charge in [-0.15, -0.1) is 0 Å². The summed E-state index contributed by atoms with van der Waals surface area (Å²) in [5.41, 5.74) is 5.07. The van der Waals surface area contributed by atoms with E-state index in [9.17, 15) is 15.8 Å². The average molecular weight is 480 g/mol. The van der Waals surface area contributed by atoms with E-state index in [1.165, 1.54) is 0 Å². The molecule has 0 aromatic heterocycles. The summed E-state index contributed by atoms with van der Waals surface area (Å²) in [6, 6.07) is 27.7. The molecule has 2 aliphatic rings. The van der Waals surface area contributed by atoms with E-state index in [0.717, 1.165) is 0 Å². The zero-order chi connectivity index (χ0) is 26.8. The highest BCUT2D eigenvalue weighted by molar-refractivity contribution is 6.29. The molecule has 170 valence electrons. The molecule has 0 spiro atoms. The van der Waals surface area contributed by atoms with Crippen LogP contribution in [-0.4, -0.2) is 0 Å². The highest BCUT2D eigenvalue weighted by atomic mass is 14.7. The maximum Gasteiger partial charge on any atom is 0.270 e. The van der Waals surface area contributed by atoms with Crippen molar-refractivity contribution >= 4 is 33.6 Å². The lowest BCUT2D eigenvalue weighted by molar-refractivity contribution is 1.47. The van der Waals surface area contributed by atoms with Gasteiger partial charge in [-0.3, -0.25) is 0 Å². The van der Waals surface area contributed by atoms with E-state index in [1.54, 1.807) is 24.3 Å². The second-order valence-corrected chi connectivity index (χ2v) is 8.27. The maximum atomic E-state index is 10.3. The van der Waals surface area contributed by atoms with Gasteiger partial charge in [-0.25, -0.2) is 25.1 Å². The van der Waals surface area contributed by atoms with E-state index in [1.807, 2.05) is 60.7 Å². The monoisotopic (exact) mass is 480 g/mol. The Hall–Kier alpha value is -6.44. The fourth-order valence-electron chi connectivity index (χ4n) is 4.98. The summed E-state index contributed by atoms with van der Waals surface area (Å²) >= 11 is 0. The van der Waals surface area contributed by atoms with Crippen LogP contribution >= 0.6 is 0 Å². The second kappa shape index (κ2) is 9.31. The zero-order valence-corrected chi connectivity index (χ0v) is 19.6. The minimum Gasteiger partial charge on any atom is -0.237 e. The van der Waals surface area contributed by atoms with Gasteiger partial charge in [-0.2, -0.15) is 5.26 Å². The number of benzene rings is 3. The summed E-state index contributed by atoms with van der Waals surface area (Å²) in [5, 5.41) is 30.0. The number of rotatable bonds is 2. The van der Waals surface area contributed by atoms with E-state index in [0.29, 0.717) is 55.7 Å². The summed E-state index contributed by atoms with van der Waals surface area (Å²) in [7, 11) is 0. The molecule has 3 aromatic rings. The molecule has 6 nitrogen and oxygen atoms in total. The molecule has 0 fully saturated rings. The van der Waals surface area contributed by atoms with Gasteiger partial charge in [0, 0.05) is 5.57 Å². The van der Waals surface area contributed by atoms with Gasteiger partial charge >= 0.3 is 0 Å². The Morgan fingerprint density at radius 2 is 1.08 bits per heavy atom. The van der Waals surface area contributed by atoms with Gasteiger partial charge in [-0.1, -0.05) is 66.7 Å². The van der Waals surface area contributed by atoms with E-state index in [-0.39, 0.29) is 22.7 Å². The molecule has 0 atom stereocenters. The first-order valence-corrected chi connectivity index (χ1v) is 11.2. The molecule has 0 radical (unpaired) electrons. The molecule has 0 saturated heterocycles. The first kappa shape index (κ1) is 23.3. The fraction of sp³-hybridized carbons (Fsp3) is 0. The van der Waals surface area contributed by atoms with Gasteiger partial charge in [0.15, 0.2) is 0 Å². The highest BCUT2D eigenvalue weighted by Crippen LogP contribution is 2.54. The average Bonchev–Trinajstić information content (AvgIpc) is 3.46. The quantitative estimate of drug-likeness (QED) is 0.286. The molecule has 0 heterocycles. The van der Waals surface area contributed by atoms with Crippen LogP contribution in [0, 0.1) is 53.7 Å². The van der Waals surface area contributed by atoms with Gasteiger partial charge in [0.2, 0.25) is 5.70 Å². The molecule has 0 amide bonds. The van der Waals surface area contributed by atoms with Crippen LogP contribution in [0.3, 0.4) is 0 Å². The van der Waals surface area contributed by atoms with Crippen LogP contribution in [0.15, 0.2) is 84.2 Å². The lowest BCUT2D eigenvalue weighted by atomic mass is 9.91. The van der Waals surface area contributed by atoms with E-state index >= 15 is 0 Å². The van der Waals surface area contributed by atoms with Gasteiger partial charge in [-0.05, 0) is 56.2 Å². The lowest BCUT2D eigenvalue weighted by Crippen LogP contribution is -1.94. The van der Waals surface area contributed by atoms with E-state index in [4.69, 9.17) is 19.7 Å². The summed E-state index contributed by atoms with van der Waals surface area (Å²) in [6.07, 6.45) is 0. The Bertz CT molecular complexity index is 1770. The maximum absolute atomic E-state index is 10.3. The minimum atomic E-state index is -0.175. The summed E-state index contributed by atoms with van der Waals surface area (Å²) in [4.78, 5) is 10.7. The molecule has 6 heteroatoms. The zero-order valence-electron chi connectivity index (χ0n) is 19.6. The number of hydrogen-bond donors (Lipinski definition) is 0. The first-order valence-electron chi connectivity index (χ1n) is 11.2. The Morgan fingerprint density at radius 3 is 1.55 bits per heavy atom. The number of hydrogen-bond acceptors (Lipinski definition) is 3. The molecule has 38 heavy (non-hydrogen) atoms. The molecule has 0 unspecified atom stereocenters. The van der Waals surface area contributed by atoms with Gasteiger partial charge in [0.25, 0.3) is 11.4 Å². The van der Waals surface area contributed by atoms with Crippen LogP contribution < -0.4 is 0 Å². The van der Waals surface area contributed by atoms with Crippen molar-refractivity contribution in [2.24, 2.45) is 0 Å². The van der Waals surface area contributed by atoms with Crippen molar-refractivity contribution in [1.82, 2.24) is 0 Å². The van der Waals surface area contributed by atoms with Gasteiger partial charge in [0.05, 0.1) is 37.4 Å². The Kier molecular flexibility index (Phi) is 5.71. The summed E-state index contributed by atoms with van der Waals surface area (Å²) in [6.45, 7) is 23.3. The number of allylic oxidation sites excluding steroid dienone is 7. The first-order chi connectivity index (χ1) is 18.6. The van der Waals surface area contributed by atoms with Crippen LogP contribution in [0.2, 0.25) is 0 Å². The topological polar surface area (TPSA) is 84.5 Å². The minimum absolute atomic E-state index is 0.172. The predicted molar refractivity (Wildman–Crippen MR) is 143 cm³/mol. The van der Waals surface area contributed by atoms with Crippen molar-refractivity contribution in [3.8, 4) is 18.2 Å². The number of nitrogens with zero attached hydrogens (tertiary/aromatic N) is 6. The van der Waals surface area contributed by atoms with Gasteiger partial charge in [0.1, 0.15) is 6.07 Å². The second-order valence-electron chi connectivity index (χ2n) is 8.27. The molecule has 3 aromatic carbocycles.